The minimum absolute atomic E-state index is 1.17. The molecule has 1 aromatic heterocycles. The summed E-state index contributed by atoms with van der Waals surface area (Å²) in [4.78, 5) is 0. The molecule has 1 nitrogen and oxygen atoms in total. The number of aromatic nitrogens is 1. The predicted molar refractivity (Wildman–Crippen MR) is 210 cm³/mol. The third kappa shape index (κ3) is 4.33. The molecule has 0 aliphatic rings. The van der Waals surface area contributed by atoms with Gasteiger partial charge in [0.25, 0.3) is 0 Å². The zero-order valence-electron chi connectivity index (χ0n) is 27.5. The number of fused-ring (bicyclic) bond motifs is 3. The molecule has 0 atom stereocenters. The average molecular weight is 624 g/mol. The van der Waals surface area contributed by atoms with E-state index in [1.165, 1.54) is 104 Å². The molecule has 0 fully saturated rings. The second kappa shape index (κ2) is 10.7. The van der Waals surface area contributed by atoms with Gasteiger partial charge in [-0.1, -0.05) is 139 Å². The van der Waals surface area contributed by atoms with Gasteiger partial charge in [-0.3, -0.25) is 0 Å². The molecule has 0 N–H and O–H groups in total. The van der Waals surface area contributed by atoms with E-state index in [0.717, 1.165) is 0 Å². The van der Waals surface area contributed by atoms with Gasteiger partial charge in [0, 0.05) is 16.5 Å². The third-order valence-electron chi connectivity index (χ3n) is 10.5. The number of nitrogens with zero attached hydrogens (tertiary/aromatic N) is 1. The lowest BCUT2D eigenvalue weighted by molar-refractivity contribution is 1.18. The van der Waals surface area contributed by atoms with E-state index in [0.29, 0.717) is 0 Å². The molecule has 1 heterocycles. The highest BCUT2D eigenvalue weighted by atomic mass is 15.0. The molecule has 0 unspecified atom stereocenters. The van der Waals surface area contributed by atoms with Gasteiger partial charge in [-0.25, -0.2) is 0 Å². The SMILES string of the molecule is Cc1ccc(-c2ccc3ccc4c(-c5ccc(-n6c7ccc(-c8ccccc8)cc7c7ccc(C)cc76)cc5)ccc5ccc2c3c54)cc1. The van der Waals surface area contributed by atoms with E-state index in [1.807, 2.05) is 0 Å². The van der Waals surface area contributed by atoms with E-state index in [2.05, 4.69) is 182 Å². The fourth-order valence-electron chi connectivity index (χ4n) is 8.05. The number of aryl methyl sites for hydroxylation is 2. The zero-order valence-corrected chi connectivity index (χ0v) is 27.5. The fourth-order valence-corrected chi connectivity index (χ4v) is 8.05. The highest BCUT2D eigenvalue weighted by molar-refractivity contribution is 6.27. The molecular formula is C48H33N. The Hall–Kier alpha value is -6.18. The number of hydrogen-bond donors (Lipinski definition) is 0. The Morgan fingerprint density at radius 2 is 0.898 bits per heavy atom. The Morgan fingerprint density at radius 3 is 1.55 bits per heavy atom. The molecule has 10 aromatic rings. The lowest BCUT2D eigenvalue weighted by Gasteiger charge is -2.17. The zero-order chi connectivity index (χ0) is 32.6. The number of hydrogen-bond acceptors (Lipinski definition) is 0. The molecule has 0 saturated heterocycles. The minimum Gasteiger partial charge on any atom is -0.309 e. The standard InChI is InChI=1S/C48H33N/c1-30-8-11-33(12-9-30)39-23-15-35-18-26-43-40(24-16-36-17-25-42(39)47(35)48(36)43)34-13-20-38(21-14-34)49-45-27-19-37(32-6-4-3-5-7-32)29-44(45)41-22-10-31(2)28-46(41)49/h3-29H,1-2H3. The van der Waals surface area contributed by atoms with Crippen molar-refractivity contribution in [2.24, 2.45) is 0 Å². The monoisotopic (exact) mass is 623 g/mol. The van der Waals surface area contributed by atoms with E-state index < -0.39 is 0 Å². The van der Waals surface area contributed by atoms with Crippen molar-refractivity contribution in [2.75, 3.05) is 0 Å². The van der Waals surface area contributed by atoms with Crippen molar-refractivity contribution >= 4 is 54.1 Å². The van der Waals surface area contributed by atoms with Crippen molar-refractivity contribution in [3.63, 3.8) is 0 Å². The van der Waals surface area contributed by atoms with Crippen molar-refractivity contribution in [3.05, 3.63) is 175 Å². The van der Waals surface area contributed by atoms with Crippen molar-refractivity contribution in [1.82, 2.24) is 4.57 Å². The maximum atomic E-state index is 2.42. The molecule has 0 aliphatic heterocycles. The Kier molecular flexibility index (Phi) is 6.07. The van der Waals surface area contributed by atoms with Gasteiger partial charge in [0.05, 0.1) is 11.0 Å². The molecule has 10 rings (SSSR count). The fraction of sp³-hybridized carbons (Fsp3) is 0.0417. The largest absolute Gasteiger partial charge is 0.309 e. The predicted octanol–water partition coefficient (Wildman–Crippen LogP) is 13.3. The van der Waals surface area contributed by atoms with E-state index >= 15 is 0 Å². The molecule has 0 bridgehead atoms. The van der Waals surface area contributed by atoms with Crippen molar-refractivity contribution in [2.45, 2.75) is 13.8 Å². The van der Waals surface area contributed by atoms with E-state index in [1.54, 1.807) is 0 Å². The smallest absolute Gasteiger partial charge is 0.0543 e. The van der Waals surface area contributed by atoms with Gasteiger partial charge in [-0.15, -0.1) is 0 Å². The lowest BCUT2D eigenvalue weighted by Crippen LogP contribution is -1.94. The molecule has 0 saturated carbocycles. The summed E-state index contributed by atoms with van der Waals surface area (Å²) in [5.74, 6) is 0. The Morgan fingerprint density at radius 1 is 0.347 bits per heavy atom. The van der Waals surface area contributed by atoms with Crippen LogP contribution in [0, 0.1) is 13.8 Å². The molecule has 230 valence electrons. The first kappa shape index (κ1) is 27.9. The summed E-state index contributed by atoms with van der Waals surface area (Å²) in [6.45, 7) is 4.32. The summed E-state index contributed by atoms with van der Waals surface area (Å²) in [7, 11) is 0. The Bertz CT molecular complexity index is 2850. The van der Waals surface area contributed by atoms with Gasteiger partial charge in [0.15, 0.2) is 0 Å². The van der Waals surface area contributed by atoms with Crippen LogP contribution in [0.2, 0.25) is 0 Å². The van der Waals surface area contributed by atoms with Gasteiger partial charge < -0.3 is 4.57 Å². The lowest BCUT2D eigenvalue weighted by atomic mass is 9.87. The van der Waals surface area contributed by atoms with Gasteiger partial charge in [-0.2, -0.15) is 0 Å². The van der Waals surface area contributed by atoms with E-state index in [4.69, 9.17) is 0 Å². The minimum atomic E-state index is 1.17. The van der Waals surface area contributed by atoms with E-state index in [9.17, 15) is 0 Å². The maximum absolute atomic E-state index is 2.42. The van der Waals surface area contributed by atoms with Crippen molar-refractivity contribution in [3.8, 4) is 39.1 Å². The highest BCUT2D eigenvalue weighted by Crippen LogP contribution is 2.43. The molecule has 0 amide bonds. The Balaban J connectivity index is 1.12. The summed E-state index contributed by atoms with van der Waals surface area (Å²) >= 11 is 0. The van der Waals surface area contributed by atoms with Crippen LogP contribution in [0.4, 0.5) is 0 Å². The highest BCUT2D eigenvalue weighted by Gasteiger charge is 2.17. The van der Waals surface area contributed by atoms with Crippen LogP contribution < -0.4 is 0 Å². The first-order chi connectivity index (χ1) is 24.1. The molecule has 0 aliphatic carbocycles. The summed E-state index contributed by atoms with van der Waals surface area (Å²) in [6.07, 6.45) is 0. The maximum Gasteiger partial charge on any atom is 0.0543 e. The van der Waals surface area contributed by atoms with Gasteiger partial charge >= 0.3 is 0 Å². The van der Waals surface area contributed by atoms with Crippen LogP contribution in [-0.2, 0) is 0 Å². The third-order valence-corrected chi connectivity index (χ3v) is 10.5. The van der Waals surface area contributed by atoms with Crippen molar-refractivity contribution < 1.29 is 0 Å². The first-order valence-corrected chi connectivity index (χ1v) is 17.1. The van der Waals surface area contributed by atoms with Crippen LogP contribution in [0.1, 0.15) is 11.1 Å². The van der Waals surface area contributed by atoms with Crippen LogP contribution in [0.25, 0.3) is 93.2 Å². The number of benzene rings is 9. The normalized spacial score (nSPS) is 11.9. The van der Waals surface area contributed by atoms with Crippen LogP contribution in [0.15, 0.2) is 164 Å². The van der Waals surface area contributed by atoms with Crippen molar-refractivity contribution in [1.29, 1.82) is 0 Å². The quantitative estimate of drug-likeness (QED) is 0.172. The van der Waals surface area contributed by atoms with Gasteiger partial charge in [0.1, 0.15) is 0 Å². The summed E-state index contributed by atoms with van der Waals surface area (Å²) in [5.41, 5.74) is 13.7. The first-order valence-electron chi connectivity index (χ1n) is 17.1. The molecule has 49 heavy (non-hydrogen) atoms. The average Bonchev–Trinajstić information content (AvgIpc) is 3.47. The van der Waals surface area contributed by atoms with E-state index in [-0.39, 0.29) is 0 Å². The van der Waals surface area contributed by atoms with Crippen LogP contribution in [-0.4, -0.2) is 4.57 Å². The molecule has 9 aromatic carbocycles. The number of rotatable bonds is 4. The Labute approximate surface area is 285 Å². The summed E-state index contributed by atoms with van der Waals surface area (Å²) < 4.78 is 2.42. The molecule has 0 radical (unpaired) electrons. The summed E-state index contributed by atoms with van der Waals surface area (Å²) in [6, 6.07) is 60.8. The molecular weight excluding hydrogens is 591 g/mol. The topological polar surface area (TPSA) is 4.93 Å². The van der Waals surface area contributed by atoms with Crippen LogP contribution in [0.3, 0.4) is 0 Å². The van der Waals surface area contributed by atoms with Crippen LogP contribution >= 0.6 is 0 Å². The second-order valence-corrected chi connectivity index (χ2v) is 13.5. The second-order valence-electron chi connectivity index (χ2n) is 13.5. The van der Waals surface area contributed by atoms with Gasteiger partial charge in [0.2, 0.25) is 0 Å². The van der Waals surface area contributed by atoms with Crippen LogP contribution in [0.5, 0.6) is 0 Å². The summed E-state index contributed by atoms with van der Waals surface area (Å²) in [5, 5.41) is 10.4. The molecule has 0 spiro atoms. The van der Waals surface area contributed by atoms with Gasteiger partial charge in [-0.05, 0) is 115 Å². The molecule has 1 heteroatoms.